The summed E-state index contributed by atoms with van der Waals surface area (Å²) < 4.78 is 32.9. The lowest BCUT2D eigenvalue weighted by Crippen LogP contribution is -2.38. The normalized spacial score (nSPS) is 16.7. The molecule has 5 N–H and O–H groups in total. The van der Waals surface area contributed by atoms with Crippen LogP contribution in [-0.4, -0.2) is 44.2 Å². The maximum Gasteiger partial charge on any atom is 0.333 e. The SMILES string of the molecule is CCOC(=O)C(Nc1ccc(C(=N)N)cc1)c1cc(OCC)cc(OC(C)C2CCCNC2)c1F.Cl. The number of esters is 1. The van der Waals surface area contributed by atoms with Gasteiger partial charge in [-0.1, -0.05) is 0 Å². The molecule has 1 aliphatic rings. The Bertz CT molecular complexity index is 1020. The zero-order valence-electron chi connectivity index (χ0n) is 20.9. The van der Waals surface area contributed by atoms with Gasteiger partial charge in [0, 0.05) is 35.3 Å². The third-order valence-corrected chi connectivity index (χ3v) is 6.00. The van der Waals surface area contributed by atoms with Crippen LogP contribution in [-0.2, 0) is 9.53 Å². The number of nitrogens with one attached hydrogen (secondary N) is 3. The fourth-order valence-corrected chi connectivity index (χ4v) is 4.12. The van der Waals surface area contributed by atoms with Crippen LogP contribution in [0, 0.1) is 17.1 Å². The van der Waals surface area contributed by atoms with Crippen molar-refractivity contribution in [1.82, 2.24) is 5.32 Å². The molecule has 8 nitrogen and oxygen atoms in total. The van der Waals surface area contributed by atoms with E-state index < -0.39 is 17.8 Å². The summed E-state index contributed by atoms with van der Waals surface area (Å²) in [5.74, 6) is -0.664. The van der Waals surface area contributed by atoms with E-state index in [4.69, 9.17) is 25.4 Å². The van der Waals surface area contributed by atoms with E-state index in [0.717, 1.165) is 25.9 Å². The van der Waals surface area contributed by atoms with Crippen LogP contribution in [0.2, 0.25) is 0 Å². The summed E-state index contributed by atoms with van der Waals surface area (Å²) in [6.07, 6.45) is 1.81. The number of piperidine rings is 1. The number of halogens is 2. The number of carbonyl (C=O) groups is 1. The van der Waals surface area contributed by atoms with Crippen LogP contribution in [0.15, 0.2) is 36.4 Å². The molecular weight excluding hydrogens is 487 g/mol. The molecule has 1 heterocycles. The zero-order valence-corrected chi connectivity index (χ0v) is 21.8. The molecule has 0 spiro atoms. The molecule has 0 bridgehead atoms. The van der Waals surface area contributed by atoms with Crippen molar-refractivity contribution in [2.45, 2.75) is 45.8 Å². The molecule has 3 atom stereocenters. The van der Waals surface area contributed by atoms with E-state index >= 15 is 4.39 Å². The van der Waals surface area contributed by atoms with Gasteiger partial charge < -0.3 is 30.6 Å². The molecule has 0 aromatic heterocycles. The molecule has 1 aliphatic heterocycles. The molecule has 3 rings (SSSR count). The van der Waals surface area contributed by atoms with Crippen molar-refractivity contribution in [3.8, 4) is 11.5 Å². The Morgan fingerprint density at radius 1 is 1.25 bits per heavy atom. The van der Waals surface area contributed by atoms with Crippen LogP contribution in [0.4, 0.5) is 10.1 Å². The molecule has 36 heavy (non-hydrogen) atoms. The van der Waals surface area contributed by atoms with Crippen LogP contribution in [0.3, 0.4) is 0 Å². The van der Waals surface area contributed by atoms with Crippen LogP contribution >= 0.6 is 12.4 Å². The Kier molecular flexibility index (Phi) is 11.3. The van der Waals surface area contributed by atoms with E-state index in [9.17, 15) is 4.79 Å². The number of nitrogens with two attached hydrogens (primary N) is 1. The van der Waals surface area contributed by atoms with E-state index in [0.29, 0.717) is 23.6 Å². The zero-order chi connectivity index (χ0) is 25.4. The summed E-state index contributed by atoms with van der Waals surface area (Å²) >= 11 is 0. The third kappa shape index (κ3) is 7.48. The van der Waals surface area contributed by atoms with Gasteiger partial charge in [-0.25, -0.2) is 9.18 Å². The van der Waals surface area contributed by atoms with Gasteiger partial charge in [0.25, 0.3) is 0 Å². The Morgan fingerprint density at radius 2 is 1.97 bits per heavy atom. The van der Waals surface area contributed by atoms with Gasteiger partial charge >= 0.3 is 5.97 Å². The summed E-state index contributed by atoms with van der Waals surface area (Å²) in [5.41, 5.74) is 6.67. The number of rotatable bonds is 11. The molecule has 198 valence electrons. The minimum absolute atomic E-state index is 0. The number of anilines is 1. The summed E-state index contributed by atoms with van der Waals surface area (Å²) in [5, 5.41) is 14.0. The molecule has 0 aliphatic carbocycles. The molecule has 3 unspecified atom stereocenters. The molecule has 0 saturated carbocycles. The first-order valence-electron chi connectivity index (χ1n) is 12.0. The molecule has 2 aromatic rings. The smallest absolute Gasteiger partial charge is 0.333 e. The Morgan fingerprint density at radius 3 is 2.56 bits per heavy atom. The van der Waals surface area contributed by atoms with E-state index in [1.165, 1.54) is 12.1 Å². The van der Waals surface area contributed by atoms with Crippen molar-refractivity contribution < 1.29 is 23.4 Å². The molecule has 1 saturated heterocycles. The van der Waals surface area contributed by atoms with E-state index in [1.54, 1.807) is 31.2 Å². The number of hydrogen-bond acceptors (Lipinski definition) is 7. The van der Waals surface area contributed by atoms with Gasteiger partial charge in [0.2, 0.25) is 0 Å². The minimum Gasteiger partial charge on any atom is -0.494 e. The molecule has 2 aromatic carbocycles. The van der Waals surface area contributed by atoms with Crippen molar-refractivity contribution in [3.63, 3.8) is 0 Å². The summed E-state index contributed by atoms with van der Waals surface area (Å²) in [4.78, 5) is 12.9. The lowest BCUT2D eigenvalue weighted by Gasteiger charge is -2.29. The van der Waals surface area contributed by atoms with E-state index in [2.05, 4.69) is 10.6 Å². The first-order valence-corrected chi connectivity index (χ1v) is 12.0. The van der Waals surface area contributed by atoms with Crippen LogP contribution in [0.5, 0.6) is 11.5 Å². The van der Waals surface area contributed by atoms with Gasteiger partial charge in [-0.2, -0.15) is 0 Å². The molecule has 0 radical (unpaired) electrons. The highest BCUT2D eigenvalue weighted by molar-refractivity contribution is 5.95. The van der Waals surface area contributed by atoms with Gasteiger partial charge in [0.15, 0.2) is 17.6 Å². The van der Waals surface area contributed by atoms with Crippen molar-refractivity contribution in [2.24, 2.45) is 11.7 Å². The second kappa shape index (κ2) is 13.9. The van der Waals surface area contributed by atoms with Gasteiger partial charge in [-0.15, -0.1) is 12.4 Å². The van der Waals surface area contributed by atoms with Gasteiger partial charge in [-0.05, 0) is 70.5 Å². The summed E-state index contributed by atoms with van der Waals surface area (Å²) in [7, 11) is 0. The summed E-state index contributed by atoms with van der Waals surface area (Å²) in [6.45, 7) is 7.75. The Labute approximate surface area is 218 Å². The molecule has 10 heteroatoms. The maximum absolute atomic E-state index is 15.9. The van der Waals surface area contributed by atoms with Crippen LogP contribution in [0.1, 0.15) is 50.8 Å². The standard InChI is InChI=1S/C26H35FN4O4.ClH/c1-4-33-20-13-21(23(27)22(14-20)35-16(3)18-7-6-12-30-15-18)24(26(32)34-5-2)31-19-10-8-17(9-11-19)25(28)29;/h8-11,13-14,16,18,24,30-31H,4-7,12,15H2,1-3H3,(H3,28,29);1H. The number of nitrogen functional groups attached to an aromatic ring is 1. The average Bonchev–Trinajstić information content (AvgIpc) is 2.85. The van der Waals surface area contributed by atoms with Crippen molar-refractivity contribution >= 4 is 29.9 Å². The maximum atomic E-state index is 15.9. The van der Waals surface area contributed by atoms with Gasteiger partial charge in [0.05, 0.1) is 13.2 Å². The second-order valence-corrected chi connectivity index (χ2v) is 8.51. The van der Waals surface area contributed by atoms with Gasteiger partial charge in [0.1, 0.15) is 17.7 Å². The largest absolute Gasteiger partial charge is 0.494 e. The molecule has 1 fully saturated rings. The van der Waals surface area contributed by atoms with Crippen LogP contribution in [0.25, 0.3) is 0 Å². The predicted molar refractivity (Wildman–Crippen MR) is 141 cm³/mol. The second-order valence-electron chi connectivity index (χ2n) is 8.51. The Balaban J connectivity index is 0.00000456. The topological polar surface area (TPSA) is 119 Å². The fourth-order valence-electron chi connectivity index (χ4n) is 4.12. The van der Waals surface area contributed by atoms with Crippen molar-refractivity contribution in [2.75, 3.05) is 31.6 Å². The lowest BCUT2D eigenvalue weighted by atomic mass is 9.94. The van der Waals surface area contributed by atoms with Gasteiger partial charge in [-0.3, -0.25) is 5.41 Å². The highest BCUT2D eigenvalue weighted by atomic mass is 35.5. The first kappa shape index (κ1) is 29.2. The highest BCUT2D eigenvalue weighted by Crippen LogP contribution is 2.35. The quantitative estimate of drug-likeness (QED) is 0.196. The van der Waals surface area contributed by atoms with Crippen molar-refractivity contribution in [1.29, 1.82) is 5.41 Å². The monoisotopic (exact) mass is 522 g/mol. The van der Waals surface area contributed by atoms with E-state index in [-0.39, 0.29) is 48.2 Å². The first-order chi connectivity index (χ1) is 16.8. The number of hydrogen-bond donors (Lipinski definition) is 4. The number of amidine groups is 1. The summed E-state index contributed by atoms with van der Waals surface area (Å²) in [6, 6.07) is 8.51. The lowest BCUT2D eigenvalue weighted by molar-refractivity contribution is -0.144. The third-order valence-electron chi connectivity index (χ3n) is 6.00. The average molecular weight is 523 g/mol. The predicted octanol–water partition coefficient (Wildman–Crippen LogP) is 4.41. The number of benzene rings is 2. The number of ether oxygens (including phenoxy) is 3. The minimum atomic E-state index is -1.15. The fraction of sp³-hybridized carbons (Fsp3) is 0.462. The van der Waals surface area contributed by atoms with E-state index in [1.807, 2.05) is 13.8 Å². The Hall–Kier alpha value is -3.04. The number of carbonyl (C=O) groups excluding carboxylic acids is 1. The molecule has 0 amide bonds. The highest BCUT2D eigenvalue weighted by Gasteiger charge is 2.30. The van der Waals surface area contributed by atoms with Crippen molar-refractivity contribution in [3.05, 3.63) is 53.3 Å². The molecular formula is C26H36ClFN4O4. The van der Waals surface area contributed by atoms with Crippen LogP contribution < -0.4 is 25.8 Å².